The molecule has 21 heavy (non-hydrogen) atoms. The summed E-state index contributed by atoms with van der Waals surface area (Å²) in [6.45, 7) is 2.43. The Morgan fingerprint density at radius 3 is 2.62 bits per heavy atom. The van der Waals surface area contributed by atoms with E-state index >= 15 is 0 Å². The minimum atomic E-state index is -0.657. The lowest BCUT2D eigenvalue weighted by atomic mass is 10.1. The van der Waals surface area contributed by atoms with E-state index in [-0.39, 0.29) is 17.4 Å². The summed E-state index contributed by atoms with van der Waals surface area (Å²) < 4.78 is 10.3. The summed E-state index contributed by atoms with van der Waals surface area (Å²) in [5, 5.41) is 12.9. The smallest absolute Gasteiger partial charge is 0.308 e. The van der Waals surface area contributed by atoms with Gasteiger partial charge in [0.1, 0.15) is 0 Å². The van der Waals surface area contributed by atoms with Gasteiger partial charge in [-0.3, -0.25) is 14.9 Å². The number of aromatic hydroxyl groups is 1. The summed E-state index contributed by atoms with van der Waals surface area (Å²) >= 11 is 5.88. The number of esters is 1. The van der Waals surface area contributed by atoms with Crippen LogP contribution in [0.15, 0.2) is 28.7 Å². The second kappa shape index (κ2) is 5.88. The van der Waals surface area contributed by atoms with Crippen molar-refractivity contribution in [2.45, 2.75) is 13.8 Å². The molecule has 0 aliphatic rings. The van der Waals surface area contributed by atoms with Gasteiger partial charge in [0, 0.05) is 24.4 Å². The van der Waals surface area contributed by atoms with Gasteiger partial charge in [-0.25, -0.2) is 0 Å². The van der Waals surface area contributed by atoms with Crippen molar-refractivity contribution in [3.63, 3.8) is 0 Å². The fraction of sp³-hybridized carbons (Fsp3) is 0.143. The molecule has 7 heteroatoms. The first-order chi connectivity index (χ1) is 9.88. The fourth-order valence-electron chi connectivity index (χ4n) is 1.71. The van der Waals surface area contributed by atoms with E-state index in [1.54, 1.807) is 24.3 Å². The number of amides is 1. The van der Waals surface area contributed by atoms with Gasteiger partial charge in [0.25, 0.3) is 0 Å². The highest BCUT2D eigenvalue weighted by Gasteiger charge is 2.24. The maximum absolute atomic E-state index is 11.1. The van der Waals surface area contributed by atoms with Gasteiger partial charge in [-0.2, -0.15) is 0 Å². The van der Waals surface area contributed by atoms with Crippen LogP contribution in [-0.2, 0) is 9.59 Å². The molecule has 0 saturated carbocycles. The number of ether oxygens (including phenoxy) is 1. The number of hydrogen-bond donors (Lipinski definition) is 2. The van der Waals surface area contributed by atoms with Crippen molar-refractivity contribution in [1.82, 2.24) is 0 Å². The standard InChI is InChI=1S/C14H12ClNO5/c1-7(17)16-14-13(20-8(2)18)11(19)12(21-14)9-4-3-5-10(15)6-9/h3-6,19H,1-2H3,(H,16,17). The molecule has 0 spiro atoms. The average molecular weight is 310 g/mol. The van der Waals surface area contributed by atoms with Crippen LogP contribution in [0.2, 0.25) is 5.02 Å². The molecular formula is C14H12ClNO5. The quantitative estimate of drug-likeness (QED) is 0.850. The number of benzene rings is 1. The van der Waals surface area contributed by atoms with E-state index in [1.165, 1.54) is 13.8 Å². The molecule has 6 nitrogen and oxygen atoms in total. The molecule has 0 atom stereocenters. The summed E-state index contributed by atoms with van der Waals surface area (Å²) in [5.41, 5.74) is 0.477. The number of rotatable bonds is 3. The van der Waals surface area contributed by atoms with Gasteiger partial charge in [0.05, 0.1) is 0 Å². The van der Waals surface area contributed by atoms with Crippen LogP contribution in [-0.4, -0.2) is 17.0 Å². The lowest BCUT2D eigenvalue weighted by molar-refractivity contribution is -0.132. The van der Waals surface area contributed by atoms with Crippen molar-refractivity contribution in [3.05, 3.63) is 29.3 Å². The minimum Gasteiger partial charge on any atom is -0.502 e. The van der Waals surface area contributed by atoms with Crippen LogP contribution in [0.4, 0.5) is 5.88 Å². The largest absolute Gasteiger partial charge is 0.502 e. The van der Waals surface area contributed by atoms with Gasteiger partial charge in [-0.05, 0) is 12.1 Å². The Hall–Kier alpha value is -2.47. The van der Waals surface area contributed by atoms with E-state index in [1.807, 2.05) is 0 Å². The summed E-state index contributed by atoms with van der Waals surface area (Å²) in [7, 11) is 0. The molecule has 1 amide bonds. The van der Waals surface area contributed by atoms with Crippen molar-refractivity contribution in [2.24, 2.45) is 0 Å². The molecule has 110 valence electrons. The third-order valence-electron chi connectivity index (χ3n) is 2.46. The van der Waals surface area contributed by atoms with Gasteiger partial charge in [-0.15, -0.1) is 0 Å². The van der Waals surface area contributed by atoms with E-state index in [0.29, 0.717) is 10.6 Å². The van der Waals surface area contributed by atoms with Crippen LogP contribution in [0, 0.1) is 0 Å². The van der Waals surface area contributed by atoms with E-state index in [2.05, 4.69) is 5.32 Å². The molecule has 0 unspecified atom stereocenters. The molecule has 1 aromatic carbocycles. The normalized spacial score (nSPS) is 10.2. The van der Waals surface area contributed by atoms with Crippen molar-refractivity contribution >= 4 is 29.4 Å². The van der Waals surface area contributed by atoms with Crippen LogP contribution >= 0.6 is 11.6 Å². The summed E-state index contributed by atoms with van der Waals surface area (Å²) in [6.07, 6.45) is 0. The third kappa shape index (κ3) is 3.35. The lowest BCUT2D eigenvalue weighted by Gasteiger charge is -2.01. The van der Waals surface area contributed by atoms with Gasteiger partial charge in [-0.1, -0.05) is 23.7 Å². The van der Waals surface area contributed by atoms with Gasteiger partial charge < -0.3 is 14.3 Å². The Bertz CT molecular complexity index is 707. The zero-order valence-corrected chi connectivity index (χ0v) is 12.0. The van der Waals surface area contributed by atoms with Crippen LogP contribution < -0.4 is 10.1 Å². The van der Waals surface area contributed by atoms with Gasteiger partial charge in [0.2, 0.25) is 23.3 Å². The van der Waals surface area contributed by atoms with Crippen molar-refractivity contribution in [1.29, 1.82) is 0 Å². The highest BCUT2D eigenvalue weighted by molar-refractivity contribution is 6.30. The number of halogens is 1. The Morgan fingerprint density at radius 1 is 1.33 bits per heavy atom. The third-order valence-corrected chi connectivity index (χ3v) is 2.70. The molecule has 1 heterocycles. The second-order valence-corrected chi connectivity index (χ2v) is 4.66. The molecule has 1 aromatic heterocycles. The number of carbonyl (C=O) groups excluding carboxylic acids is 2. The summed E-state index contributed by atoms with van der Waals surface area (Å²) in [5.74, 6) is -1.84. The zero-order valence-electron chi connectivity index (χ0n) is 11.3. The molecule has 0 aliphatic heterocycles. The topological polar surface area (TPSA) is 88.8 Å². The van der Waals surface area contributed by atoms with E-state index in [0.717, 1.165) is 0 Å². The highest BCUT2D eigenvalue weighted by atomic mass is 35.5. The van der Waals surface area contributed by atoms with E-state index < -0.39 is 17.6 Å². The SMILES string of the molecule is CC(=O)Nc1oc(-c2cccc(Cl)c2)c(O)c1OC(C)=O. The van der Waals surface area contributed by atoms with Crippen molar-refractivity contribution < 1.29 is 23.8 Å². The predicted molar refractivity (Wildman–Crippen MR) is 76.4 cm³/mol. The van der Waals surface area contributed by atoms with E-state index in [9.17, 15) is 14.7 Å². The Balaban J connectivity index is 2.54. The van der Waals surface area contributed by atoms with Gasteiger partial charge >= 0.3 is 5.97 Å². The van der Waals surface area contributed by atoms with Gasteiger partial charge in [0.15, 0.2) is 5.76 Å². The monoisotopic (exact) mass is 309 g/mol. The number of hydrogen-bond acceptors (Lipinski definition) is 5. The molecule has 2 N–H and O–H groups in total. The maximum atomic E-state index is 11.1. The molecular weight excluding hydrogens is 298 g/mol. The minimum absolute atomic E-state index is 0.0394. The molecule has 0 radical (unpaired) electrons. The number of anilines is 1. The molecule has 2 aromatic rings. The molecule has 0 saturated heterocycles. The van der Waals surface area contributed by atoms with Crippen LogP contribution in [0.1, 0.15) is 13.8 Å². The first-order valence-electron chi connectivity index (χ1n) is 5.96. The lowest BCUT2D eigenvalue weighted by Crippen LogP contribution is -2.08. The number of nitrogens with one attached hydrogen (secondary N) is 1. The maximum Gasteiger partial charge on any atom is 0.308 e. The summed E-state index contributed by atoms with van der Waals surface area (Å²) in [6, 6.07) is 6.55. The average Bonchev–Trinajstić information content (AvgIpc) is 2.66. The number of furan rings is 1. The first-order valence-corrected chi connectivity index (χ1v) is 6.34. The second-order valence-electron chi connectivity index (χ2n) is 4.22. The first kappa shape index (κ1) is 14.9. The number of carbonyl (C=O) groups is 2. The molecule has 0 bridgehead atoms. The van der Waals surface area contributed by atoms with Crippen LogP contribution in [0.3, 0.4) is 0 Å². The fourth-order valence-corrected chi connectivity index (χ4v) is 1.90. The molecule has 0 aliphatic carbocycles. The van der Waals surface area contributed by atoms with Crippen LogP contribution in [0.5, 0.6) is 11.5 Å². The van der Waals surface area contributed by atoms with E-state index in [4.69, 9.17) is 20.8 Å². The highest BCUT2D eigenvalue weighted by Crippen LogP contribution is 2.46. The Morgan fingerprint density at radius 2 is 2.05 bits per heavy atom. The molecule has 0 fully saturated rings. The Labute approximate surface area is 125 Å². The summed E-state index contributed by atoms with van der Waals surface area (Å²) in [4.78, 5) is 22.2. The molecule has 2 rings (SSSR count). The van der Waals surface area contributed by atoms with Crippen molar-refractivity contribution in [3.8, 4) is 22.8 Å². The van der Waals surface area contributed by atoms with Crippen LogP contribution in [0.25, 0.3) is 11.3 Å². The van der Waals surface area contributed by atoms with Crippen molar-refractivity contribution in [2.75, 3.05) is 5.32 Å². The zero-order chi connectivity index (χ0) is 15.6. The Kier molecular flexibility index (Phi) is 4.18. The predicted octanol–water partition coefficient (Wildman–Crippen LogP) is 3.19.